The number of hydrogen-bond donors (Lipinski definition) is 1. The summed E-state index contributed by atoms with van der Waals surface area (Å²) in [5.41, 5.74) is 6.10. The van der Waals surface area contributed by atoms with E-state index in [0.29, 0.717) is 25.5 Å². The fraction of sp³-hybridized carbons (Fsp3) is 0.600. The van der Waals surface area contributed by atoms with Gasteiger partial charge < -0.3 is 19.9 Å². The van der Waals surface area contributed by atoms with Gasteiger partial charge in [0.1, 0.15) is 17.7 Å². The minimum Gasteiger partial charge on any atom is -0.490 e. The Morgan fingerprint density at radius 2 is 2.25 bits per heavy atom. The minimum absolute atomic E-state index is 0.0397. The lowest BCUT2D eigenvalue weighted by Gasteiger charge is -2.37. The smallest absolute Gasteiger partial charge is 0.127 e. The second-order valence-electron chi connectivity index (χ2n) is 5.57. The van der Waals surface area contributed by atoms with Crippen LogP contribution in [0.2, 0.25) is 0 Å². The molecular weight excluding hydrogens is 261 g/mol. The normalized spacial score (nSPS) is 29.8. The Morgan fingerprint density at radius 1 is 1.35 bits per heavy atom. The van der Waals surface area contributed by atoms with Crippen molar-refractivity contribution in [1.29, 1.82) is 0 Å². The van der Waals surface area contributed by atoms with Gasteiger partial charge >= 0.3 is 0 Å². The molecule has 0 amide bonds. The molecule has 5 heteroatoms. The van der Waals surface area contributed by atoms with Crippen LogP contribution in [-0.4, -0.2) is 31.5 Å². The summed E-state index contributed by atoms with van der Waals surface area (Å²) in [5, 5.41) is 0. The quantitative estimate of drug-likeness (QED) is 0.920. The Hall–Kier alpha value is -1.17. The average Bonchev–Trinajstić information content (AvgIpc) is 2.86. The van der Waals surface area contributed by atoms with Crippen molar-refractivity contribution in [2.45, 2.75) is 37.5 Å². The molecule has 2 N–H and O–H groups in total. The molecule has 3 rings (SSSR count). The van der Waals surface area contributed by atoms with E-state index in [9.17, 15) is 4.39 Å². The van der Waals surface area contributed by atoms with Crippen LogP contribution < -0.4 is 10.5 Å². The molecular formula is C15H20FNO3. The van der Waals surface area contributed by atoms with Crippen molar-refractivity contribution in [3.05, 3.63) is 29.6 Å². The number of rotatable bonds is 3. The standard InChI is InChI=1S/C15H20FNO3/c16-12-5-11(9-17)6-14(7-12)20-13-1-3-19-15(8-13)2-4-18-10-15/h5-7,13H,1-4,8-10,17H2. The van der Waals surface area contributed by atoms with Crippen LogP contribution in [0.4, 0.5) is 4.39 Å². The molecule has 0 radical (unpaired) electrons. The monoisotopic (exact) mass is 281 g/mol. The summed E-state index contributed by atoms with van der Waals surface area (Å²) in [7, 11) is 0. The predicted molar refractivity (Wildman–Crippen MR) is 72.1 cm³/mol. The zero-order valence-corrected chi connectivity index (χ0v) is 11.4. The van der Waals surface area contributed by atoms with Crippen molar-refractivity contribution in [1.82, 2.24) is 0 Å². The molecule has 1 aromatic rings. The van der Waals surface area contributed by atoms with Gasteiger partial charge in [-0.25, -0.2) is 4.39 Å². The summed E-state index contributed by atoms with van der Waals surface area (Å²) in [6.07, 6.45) is 2.56. The zero-order valence-electron chi connectivity index (χ0n) is 11.4. The van der Waals surface area contributed by atoms with Crippen molar-refractivity contribution >= 4 is 0 Å². The molecule has 2 aliphatic heterocycles. The minimum atomic E-state index is -0.311. The van der Waals surface area contributed by atoms with Crippen LogP contribution in [0.5, 0.6) is 5.75 Å². The maximum absolute atomic E-state index is 13.5. The second kappa shape index (κ2) is 5.68. The van der Waals surface area contributed by atoms with Gasteiger partial charge in [-0.1, -0.05) is 0 Å². The average molecular weight is 281 g/mol. The highest BCUT2D eigenvalue weighted by Crippen LogP contribution is 2.34. The third kappa shape index (κ3) is 2.95. The molecule has 1 spiro atoms. The van der Waals surface area contributed by atoms with E-state index in [-0.39, 0.29) is 17.5 Å². The molecule has 2 unspecified atom stereocenters. The van der Waals surface area contributed by atoms with Crippen LogP contribution in [0.15, 0.2) is 18.2 Å². The molecule has 110 valence electrons. The summed E-state index contributed by atoms with van der Waals surface area (Å²) in [6, 6.07) is 4.64. The molecule has 1 aromatic carbocycles. The van der Waals surface area contributed by atoms with Crippen molar-refractivity contribution in [3.63, 3.8) is 0 Å². The van der Waals surface area contributed by atoms with Gasteiger partial charge in [0.25, 0.3) is 0 Å². The van der Waals surface area contributed by atoms with E-state index in [2.05, 4.69) is 0 Å². The van der Waals surface area contributed by atoms with E-state index < -0.39 is 0 Å². The van der Waals surface area contributed by atoms with Crippen molar-refractivity contribution in [2.75, 3.05) is 19.8 Å². The maximum atomic E-state index is 13.5. The topological polar surface area (TPSA) is 53.7 Å². The van der Waals surface area contributed by atoms with Gasteiger partial charge in [0.2, 0.25) is 0 Å². The Balaban J connectivity index is 1.69. The number of halogens is 1. The third-order valence-corrected chi connectivity index (χ3v) is 3.98. The summed E-state index contributed by atoms with van der Waals surface area (Å²) in [4.78, 5) is 0. The summed E-state index contributed by atoms with van der Waals surface area (Å²) >= 11 is 0. The van der Waals surface area contributed by atoms with Crippen LogP contribution in [0, 0.1) is 5.82 Å². The summed E-state index contributed by atoms with van der Waals surface area (Å²) < 4.78 is 30.7. The van der Waals surface area contributed by atoms with Gasteiger partial charge in [-0.3, -0.25) is 0 Å². The lowest BCUT2D eigenvalue weighted by Crippen LogP contribution is -2.44. The van der Waals surface area contributed by atoms with Crippen molar-refractivity contribution < 1.29 is 18.6 Å². The molecule has 2 heterocycles. The van der Waals surface area contributed by atoms with Gasteiger partial charge in [-0.05, 0) is 17.7 Å². The van der Waals surface area contributed by atoms with E-state index in [1.807, 2.05) is 0 Å². The molecule has 0 aromatic heterocycles. The number of benzene rings is 1. The second-order valence-corrected chi connectivity index (χ2v) is 5.57. The Bertz CT molecular complexity index is 474. The van der Waals surface area contributed by atoms with Crippen LogP contribution >= 0.6 is 0 Å². The Kier molecular flexibility index (Phi) is 3.92. The SMILES string of the molecule is NCc1cc(F)cc(OC2CCOC3(CCOC3)C2)c1. The highest BCUT2D eigenvalue weighted by atomic mass is 19.1. The fourth-order valence-corrected chi connectivity index (χ4v) is 2.95. The number of hydrogen-bond acceptors (Lipinski definition) is 4. The predicted octanol–water partition coefficient (Wildman–Crippen LogP) is 2.00. The lowest BCUT2D eigenvalue weighted by atomic mass is 9.91. The van der Waals surface area contributed by atoms with Crippen molar-refractivity contribution in [3.8, 4) is 5.75 Å². The molecule has 0 bridgehead atoms. The molecule has 2 saturated heterocycles. The van der Waals surface area contributed by atoms with Gasteiger partial charge in [0, 0.05) is 38.5 Å². The largest absolute Gasteiger partial charge is 0.490 e. The first-order valence-corrected chi connectivity index (χ1v) is 7.07. The molecule has 0 aliphatic carbocycles. The maximum Gasteiger partial charge on any atom is 0.127 e. The highest BCUT2D eigenvalue weighted by Gasteiger charge is 2.41. The van der Waals surface area contributed by atoms with Gasteiger partial charge in [-0.2, -0.15) is 0 Å². The van der Waals surface area contributed by atoms with E-state index >= 15 is 0 Å². The highest BCUT2D eigenvalue weighted by molar-refractivity contribution is 5.29. The van der Waals surface area contributed by atoms with Gasteiger partial charge in [-0.15, -0.1) is 0 Å². The molecule has 0 saturated carbocycles. The van der Waals surface area contributed by atoms with E-state index in [1.54, 1.807) is 6.07 Å². The first kappa shape index (κ1) is 13.8. The van der Waals surface area contributed by atoms with Crippen LogP contribution in [-0.2, 0) is 16.0 Å². The van der Waals surface area contributed by atoms with E-state index in [4.69, 9.17) is 19.9 Å². The van der Waals surface area contributed by atoms with E-state index in [1.165, 1.54) is 12.1 Å². The van der Waals surface area contributed by atoms with E-state index in [0.717, 1.165) is 31.4 Å². The fourth-order valence-electron chi connectivity index (χ4n) is 2.95. The summed E-state index contributed by atoms with van der Waals surface area (Å²) in [5.74, 6) is 0.236. The molecule has 4 nitrogen and oxygen atoms in total. The lowest BCUT2D eigenvalue weighted by molar-refractivity contribution is -0.112. The number of ether oxygens (including phenoxy) is 3. The van der Waals surface area contributed by atoms with Crippen molar-refractivity contribution in [2.24, 2.45) is 5.73 Å². The summed E-state index contributed by atoms with van der Waals surface area (Å²) in [6.45, 7) is 2.33. The van der Waals surface area contributed by atoms with Gasteiger partial charge in [0.05, 0.1) is 18.8 Å². The number of nitrogens with two attached hydrogens (primary N) is 1. The molecule has 2 atom stereocenters. The molecule has 2 aliphatic rings. The molecule has 20 heavy (non-hydrogen) atoms. The zero-order chi connectivity index (χ0) is 14.0. The van der Waals surface area contributed by atoms with Crippen LogP contribution in [0.25, 0.3) is 0 Å². The van der Waals surface area contributed by atoms with Crippen LogP contribution in [0.3, 0.4) is 0 Å². The molecule has 2 fully saturated rings. The Morgan fingerprint density at radius 3 is 3.00 bits per heavy atom. The first-order valence-electron chi connectivity index (χ1n) is 7.07. The Labute approximate surface area is 118 Å². The van der Waals surface area contributed by atoms with Crippen LogP contribution in [0.1, 0.15) is 24.8 Å². The van der Waals surface area contributed by atoms with Gasteiger partial charge in [0.15, 0.2) is 0 Å². The third-order valence-electron chi connectivity index (χ3n) is 3.98. The first-order chi connectivity index (χ1) is 9.69.